The molecule has 2 nitrogen and oxygen atoms in total. The molecule has 1 aliphatic carbocycles. The summed E-state index contributed by atoms with van der Waals surface area (Å²) in [6, 6.07) is 0.580. The Morgan fingerprint density at radius 3 is 1.86 bits per heavy atom. The Bertz CT molecular complexity index is 326. The van der Waals surface area contributed by atoms with Crippen LogP contribution in [0.3, 0.4) is 0 Å². The van der Waals surface area contributed by atoms with Crippen LogP contribution in [0.15, 0.2) is 0 Å². The minimum Gasteiger partial charge on any atom is -0.338 e. The molecule has 0 aromatic rings. The summed E-state index contributed by atoms with van der Waals surface area (Å²) in [5.74, 6) is 3.24. The number of hydrogen-bond donors (Lipinski definition) is 0. The number of amides is 1. The first-order valence-corrected chi connectivity index (χ1v) is 8.98. The van der Waals surface area contributed by atoms with Crippen LogP contribution < -0.4 is 0 Å². The van der Waals surface area contributed by atoms with E-state index < -0.39 is 0 Å². The first kappa shape index (κ1) is 18.5. The molecule has 1 fully saturated rings. The van der Waals surface area contributed by atoms with Crippen LogP contribution in [0.5, 0.6) is 0 Å². The summed E-state index contributed by atoms with van der Waals surface area (Å²) in [5, 5.41) is 0. The number of rotatable bonds is 5. The maximum Gasteiger partial charge on any atom is 0.226 e. The van der Waals surface area contributed by atoms with Crippen LogP contribution in [0, 0.1) is 29.6 Å². The summed E-state index contributed by atoms with van der Waals surface area (Å²) in [4.78, 5) is 15.1. The topological polar surface area (TPSA) is 20.3 Å². The summed E-state index contributed by atoms with van der Waals surface area (Å²) in [6.07, 6.45) is 3.85. The molecule has 0 saturated heterocycles. The van der Waals surface area contributed by atoms with Crippen molar-refractivity contribution in [1.29, 1.82) is 0 Å². The largest absolute Gasteiger partial charge is 0.338 e. The average molecular weight is 296 g/mol. The van der Waals surface area contributed by atoms with Gasteiger partial charge in [-0.1, -0.05) is 34.1 Å². The number of nitrogens with zero attached hydrogens (tertiary/aromatic N) is 1. The predicted molar refractivity (Wildman–Crippen MR) is 91.1 cm³/mol. The van der Waals surface area contributed by atoms with E-state index in [-0.39, 0.29) is 5.92 Å². The fraction of sp³-hybridized carbons (Fsp3) is 0.947. The van der Waals surface area contributed by atoms with E-state index >= 15 is 0 Å². The fourth-order valence-electron chi connectivity index (χ4n) is 4.37. The summed E-state index contributed by atoms with van der Waals surface area (Å²) in [5.41, 5.74) is 0. The zero-order chi connectivity index (χ0) is 16.3. The van der Waals surface area contributed by atoms with Crippen LogP contribution in [0.4, 0.5) is 0 Å². The maximum atomic E-state index is 13.0. The van der Waals surface area contributed by atoms with Crippen LogP contribution in [0.2, 0.25) is 0 Å². The molecular formula is C19H37NO. The van der Waals surface area contributed by atoms with Gasteiger partial charge in [-0.3, -0.25) is 4.79 Å². The number of carbonyl (C=O) groups excluding carboxylic acids is 1. The van der Waals surface area contributed by atoms with E-state index in [0.717, 1.165) is 5.92 Å². The van der Waals surface area contributed by atoms with Crippen molar-refractivity contribution in [2.75, 3.05) is 0 Å². The standard InChI is InChI=1S/C19H37NO/c1-12(2)17-10-9-15(7)11-18(17)16(8)19(21)20(13(3)4)14(5)6/h12-18H,9-11H2,1-8H3. The minimum atomic E-state index is 0.157. The second-order valence-corrected chi connectivity index (χ2v) is 8.21. The van der Waals surface area contributed by atoms with E-state index in [2.05, 4.69) is 60.3 Å². The van der Waals surface area contributed by atoms with Crippen molar-refractivity contribution in [2.45, 2.75) is 86.7 Å². The van der Waals surface area contributed by atoms with Gasteiger partial charge in [0.1, 0.15) is 0 Å². The van der Waals surface area contributed by atoms with Crippen LogP contribution in [-0.4, -0.2) is 22.9 Å². The van der Waals surface area contributed by atoms with Gasteiger partial charge in [0.05, 0.1) is 0 Å². The lowest BCUT2D eigenvalue weighted by molar-refractivity contribution is -0.142. The number of carbonyl (C=O) groups is 1. The van der Waals surface area contributed by atoms with Crippen molar-refractivity contribution >= 4 is 5.91 Å². The molecule has 0 N–H and O–H groups in total. The van der Waals surface area contributed by atoms with E-state index in [1.54, 1.807) is 0 Å². The molecule has 21 heavy (non-hydrogen) atoms. The van der Waals surface area contributed by atoms with Gasteiger partial charge in [-0.15, -0.1) is 0 Å². The average Bonchev–Trinajstić information content (AvgIpc) is 2.36. The molecule has 0 radical (unpaired) electrons. The van der Waals surface area contributed by atoms with Gasteiger partial charge in [-0.2, -0.15) is 0 Å². The lowest BCUT2D eigenvalue weighted by Crippen LogP contribution is -2.48. The van der Waals surface area contributed by atoms with Gasteiger partial charge in [-0.05, 0) is 64.2 Å². The molecule has 0 aromatic carbocycles. The fourth-order valence-corrected chi connectivity index (χ4v) is 4.37. The highest BCUT2D eigenvalue weighted by Gasteiger charge is 2.38. The van der Waals surface area contributed by atoms with E-state index in [9.17, 15) is 4.79 Å². The molecule has 4 unspecified atom stereocenters. The van der Waals surface area contributed by atoms with E-state index in [1.807, 2.05) is 0 Å². The van der Waals surface area contributed by atoms with E-state index in [4.69, 9.17) is 0 Å². The van der Waals surface area contributed by atoms with Gasteiger partial charge >= 0.3 is 0 Å². The van der Waals surface area contributed by atoms with Gasteiger partial charge in [0.25, 0.3) is 0 Å². The molecule has 1 saturated carbocycles. The van der Waals surface area contributed by atoms with E-state index in [1.165, 1.54) is 19.3 Å². The van der Waals surface area contributed by atoms with Crippen molar-refractivity contribution in [2.24, 2.45) is 29.6 Å². The summed E-state index contributed by atoms with van der Waals surface area (Å²) in [6.45, 7) is 17.7. The van der Waals surface area contributed by atoms with Crippen molar-refractivity contribution in [3.8, 4) is 0 Å². The minimum absolute atomic E-state index is 0.157. The van der Waals surface area contributed by atoms with Crippen LogP contribution in [0.25, 0.3) is 0 Å². The van der Waals surface area contributed by atoms with Crippen molar-refractivity contribution in [1.82, 2.24) is 4.90 Å². The Morgan fingerprint density at radius 2 is 1.43 bits per heavy atom. The monoisotopic (exact) mass is 295 g/mol. The molecule has 2 heteroatoms. The Morgan fingerprint density at radius 1 is 0.905 bits per heavy atom. The maximum absolute atomic E-state index is 13.0. The molecule has 0 spiro atoms. The predicted octanol–water partition coefficient (Wildman–Crippen LogP) is 4.98. The summed E-state index contributed by atoms with van der Waals surface area (Å²) >= 11 is 0. The highest BCUT2D eigenvalue weighted by molar-refractivity contribution is 5.79. The van der Waals surface area contributed by atoms with Gasteiger partial charge in [0.2, 0.25) is 5.91 Å². The zero-order valence-corrected chi connectivity index (χ0v) is 15.5. The molecule has 0 aliphatic heterocycles. The SMILES string of the molecule is CC1CCC(C(C)C)C(C(C)C(=O)N(C(C)C)C(C)C)C1. The lowest BCUT2D eigenvalue weighted by Gasteiger charge is -2.42. The lowest BCUT2D eigenvalue weighted by atomic mass is 9.65. The highest BCUT2D eigenvalue weighted by atomic mass is 16.2. The normalized spacial score (nSPS) is 28.2. The Kier molecular flexibility index (Phi) is 6.74. The van der Waals surface area contributed by atoms with Gasteiger partial charge in [0, 0.05) is 18.0 Å². The highest BCUT2D eigenvalue weighted by Crippen LogP contribution is 2.42. The van der Waals surface area contributed by atoms with E-state index in [0.29, 0.717) is 35.7 Å². The van der Waals surface area contributed by atoms with Crippen molar-refractivity contribution in [3.63, 3.8) is 0 Å². The smallest absolute Gasteiger partial charge is 0.226 e. The molecule has 124 valence electrons. The number of hydrogen-bond acceptors (Lipinski definition) is 1. The van der Waals surface area contributed by atoms with Crippen molar-refractivity contribution in [3.05, 3.63) is 0 Å². The zero-order valence-electron chi connectivity index (χ0n) is 15.5. The molecule has 0 aromatic heterocycles. The quantitative estimate of drug-likeness (QED) is 0.700. The summed E-state index contributed by atoms with van der Waals surface area (Å²) in [7, 11) is 0. The Balaban J connectivity index is 2.91. The molecular weight excluding hydrogens is 258 g/mol. The molecule has 1 amide bonds. The second kappa shape index (κ2) is 7.65. The van der Waals surface area contributed by atoms with Gasteiger partial charge in [-0.25, -0.2) is 0 Å². The van der Waals surface area contributed by atoms with Gasteiger partial charge in [0.15, 0.2) is 0 Å². The van der Waals surface area contributed by atoms with Crippen LogP contribution >= 0.6 is 0 Å². The third kappa shape index (κ3) is 4.47. The van der Waals surface area contributed by atoms with Crippen LogP contribution in [-0.2, 0) is 4.79 Å². The molecule has 1 aliphatic rings. The molecule has 0 heterocycles. The first-order valence-electron chi connectivity index (χ1n) is 8.98. The Labute approximate surface area is 132 Å². The molecule has 1 rings (SSSR count). The van der Waals surface area contributed by atoms with Gasteiger partial charge < -0.3 is 4.90 Å². The Hall–Kier alpha value is -0.530. The third-order valence-electron chi connectivity index (χ3n) is 5.47. The summed E-state index contributed by atoms with van der Waals surface area (Å²) < 4.78 is 0. The van der Waals surface area contributed by atoms with Crippen molar-refractivity contribution < 1.29 is 4.79 Å². The second-order valence-electron chi connectivity index (χ2n) is 8.21. The third-order valence-corrected chi connectivity index (χ3v) is 5.47. The molecule has 0 bridgehead atoms. The van der Waals surface area contributed by atoms with Crippen LogP contribution in [0.1, 0.15) is 74.7 Å². The first-order chi connectivity index (χ1) is 9.66. The molecule has 4 atom stereocenters.